The summed E-state index contributed by atoms with van der Waals surface area (Å²) in [7, 11) is -4.71. The molecule has 0 aliphatic rings. The molecule has 74 valence electrons. The molecule has 0 rings (SSSR count). The minimum absolute atomic E-state index is 0. The quantitative estimate of drug-likeness (QED) is 0.321. The van der Waals surface area contributed by atoms with Crippen LogP contribution in [0.25, 0.3) is 0 Å². The van der Waals surface area contributed by atoms with Gasteiger partial charge in [-0.3, -0.25) is 0 Å². The number of halogens is 1. The Morgan fingerprint density at radius 3 is 2.23 bits per heavy atom. The van der Waals surface area contributed by atoms with E-state index in [1.165, 1.54) is 0 Å². The topological polar surface area (TPSA) is 57.2 Å². The van der Waals surface area contributed by atoms with Gasteiger partial charge in [-0.2, -0.15) is 0 Å². The zero-order chi connectivity index (χ0) is 9.61. The van der Waals surface area contributed by atoms with E-state index in [1.807, 2.05) is 6.92 Å². The van der Waals surface area contributed by atoms with Crippen LogP contribution in [0.2, 0.25) is 0 Å². The molecule has 0 aromatic heterocycles. The van der Waals surface area contributed by atoms with Crippen LogP contribution in [-0.2, 0) is 10.1 Å². The fraction of sp³-hybridized carbons (Fsp3) is 1.00. The summed E-state index contributed by atoms with van der Waals surface area (Å²) in [6, 6.07) is 0. The van der Waals surface area contributed by atoms with Crippen molar-refractivity contribution < 1.29 is 46.9 Å². The first-order chi connectivity index (χ1) is 5.48. The van der Waals surface area contributed by atoms with Crippen molar-refractivity contribution in [2.45, 2.75) is 44.5 Å². The van der Waals surface area contributed by atoms with E-state index in [0.717, 1.165) is 19.3 Å². The van der Waals surface area contributed by atoms with E-state index in [4.69, 9.17) is 0 Å². The van der Waals surface area contributed by atoms with E-state index in [-0.39, 0.29) is 36.0 Å². The molecule has 0 radical (unpaired) electrons. The maximum atomic E-state index is 12.4. The van der Waals surface area contributed by atoms with Gasteiger partial charge in [0.1, 0.15) is 10.1 Å². The summed E-state index contributed by atoms with van der Waals surface area (Å²) in [5.41, 5.74) is -2.21. The second-order valence-electron chi connectivity index (χ2n) is 2.75. The van der Waals surface area contributed by atoms with Crippen molar-refractivity contribution in [2.75, 3.05) is 0 Å². The van der Waals surface area contributed by atoms with Gasteiger partial charge in [-0.15, -0.1) is 0 Å². The summed E-state index contributed by atoms with van der Waals surface area (Å²) < 4.78 is 42.6. The van der Waals surface area contributed by atoms with E-state index in [2.05, 4.69) is 0 Å². The van der Waals surface area contributed by atoms with Crippen molar-refractivity contribution >= 4 is 10.1 Å². The third-order valence-corrected chi connectivity index (χ3v) is 2.46. The smallest absolute Gasteiger partial charge is 0.746 e. The van der Waals surface area contributed by atoms with E-state index in [9.17, 15) is 17.4 Å². The van der Waals surface area contributed by atoms with Crippen molar-refractivity contribution in [1.29, 1.82) is 0 Å². The molecule has 0 saturated heterocycles. The van der Waals surface area contributed by atoms with Gasteiger partial charge in [0.15, 0.2) is 5.50 Å². The number of alkyl halides is 1. The van der Waals surface area contributed by atoms with Gasteiger partial charge in [-0.05, 0) is 12.8 Å². The van der Waals surface area contributed by atoms with Crippen molar-refractivity contribution in [3.05, 3.63) is 0 Å². The molecule has 0 aliphatic carbocycles. The van der Waals surface area contributed by atoms with E-state index >= 15 is 0 Å². The Labute approximate surface area is 101 Å². The normalized spacial score (nSPS) is 13.5. The predicted molar refractivity (Wildman–Crippen MR) is 43.4 cm³/mol. The molecule has 0 fully saturated rings. The minimum atomic E-state index is -4.71. The van der Waals surface area contributed by atoms with Crippen LogP contribution in [0.1, 0.15) is 39.0 Å². The fourth-order valence-electron chi connectivity index (χ4n) is 0.876. The summed E-state index contributed by atoms with van der Waals surface area (Å²) in [5.74, 6) is 0. The number of unbranched alkanes of at least 4 members (excludes halogenated alkanes) is 3. The van der Waals surface area contributed by atoms with E-state index < -0.39 is 15.6 Å². The Kier molecular flexibility index (Phi) is 10.2. The van der Waals surface area contributed by atoms with Crippen LogP contribution in [0, 0.1) is 0 Å². The average molecular weight is 220 g/mol. The van der Waals surface area contributed by atoms with Gasteiger partial charge in [-0.25, -0.2) is 12.8 Å². The van der Waals surface area contributed by atoms with Crippen molar-refractivity contribution in [3.8, 4) is 0 Å². The van der Waals surface area contributed by atoms with Crippen LogP contribution in [-0.4, -0.2) is 18.5 Å². The van der Waals surface area contributed by atoms with Crippen molar-refractivity contribution in [2.24, 2.45) is 0 Å². The van der Waals surface area contributed by atoms with Crippen LogP contribution >= 0.6 is 0 Å². The van der Waals surface area contributed by atoms with Gasteiger partial charge in [0, 0.05) is 0 Å². The first kappa shape index (κ1) is 16.3. The zero-order valence-electron chi connectivity index (χ0n) is 8.12. The summed E-state index contributed by atoms with van der Waals surface area (Å²) in [6.07, 6.45) is 3.04. The molecular formula is C7H14FNaO3S. The molecule has 3 nitrogen and oxygen atoms in total. The molecule has 0 spiro atoms. The molecule has 13 heavy (non-hydrogen) atoms. The molecule has 0 heterocycles. The Balaban J connectivity index is 0. The summed E-state index contributed by atoms with van der Waals surface area (Å²) >= 11 is 0. The zero-order valence-corrected chi connectivity index (χ0v) is 10.9. The van der Waals surface area contributed by atoms with Crippen molar-refractivity contribution in [1.82, 2.24) is 0 Å². The van der Waals surface area contributed by atoms with Gasteiger partial charge in [0.2, 0.25) is 0 Å². The summed E-state index contributed by atoms with van der Waals surface area (Å²) in [6.45, 7) is 2.00. The molecule has 0 aromatic rings. The third-order valence-electron chi connectivity index (χ3n) is 1.60. The van der Waals surface area contributed by atoms with Gasteiger partial charge in [0.25, 0.3) is 0 Å². The molecule has 1 unspecified atom stereocenters. The molecule has 0 bridgehead atoms. The van der Waals surface area contributed by atoms with Gasteiger partial charge < -0.3 is 4.55 Å². The van der Waals surface area contributed by atoms with Crippen molar-refractivity contribution in [3.63, 3.8) is 0 Å². The second-order valence-corrected chi connectivity index (χ2v) is 4.25. The van der Waals surface area contributed by atoms with Crippen LogP contribution in [0.5, 0.6) is 0 Å². The number of hydrogen-bond donors (Lipinski definition) is 0. The Morgan fingerprint density at radius 1 is 1.31 bits per heavy atom. The van der Waals surface area contributed by atoms with Crippen LogP contribution in [0.3, 0.4) is 0 Å². The molecule has 6 heteroatoms. The van der Waals surface area contributed by atoms with Crippen LogP contribution in [0.15, 0.2) is 0 Å². The summed E-state index contributed by atoms with van der Waals surface area (Å²) in [4.78, 5) is 0. The van der Waals surface area contributed by atoms with Crippen LogP contribution in [0.4, 0.5) is 4.39 Å². The number of hydrogen-bond acceptors (Lipinski definition) is 3. The fourth-order valence-corrected chi connectivity index (χ4v) is 1.33. The first-order valence-corrected chi connectivity index (χ1v) is 5.54. The predicted octanol–water partition coefficient (Wildman–Crippen LogP) is -1.20. The first-order valence-electron chi connectivity index (χ1n) is 4.07. The Bertz CT molecular complexity index is 206. The van der Waals surface area contributed by atoms with E-state index in [1.54, 1.807) is 0 Å². The molecule has 0 aliphatic heterocycles. The van der Waals surface area contributed by atoms with E-state index in [0.29, 0.717) is 6.42 Å². The van der Waals surface area contributed by atoms with Crippen LogP contribution < -0.4 is 29.6 Å². The minimum Gasteiger partial charge on any atom is -0.746 e. The maximum absolute atomic E-state index is 12.4. The summed E-state index contributed by atoms with van der Waals surface area (Å²) in [5, 5.41) is 0. The largest absolute Gasteiger partial charge is 1.00 e. The maximum Gasteiger partial charge on any atom is 1.00 e. The average Bonchev–Trinajstić information content (AvgIpc) is 1.96. The third kappa shape index (κ3) is 9.15. The molecule has 0 saturated carbocycles. The van der Waals surface area contributed by atoms with Gasteiger partial charge in [0.05, 0.1) is 0 Å². The Hall–Kier alpha value is 0.840. The monoisotopic (exact) mass is 220 g/mol. The second kappa shape index (κ2) is 8.17. The molecule has 0 aromatic carbocycles. The number of rotatable bonds is 6. The van der Waals surface area contributed by atoms with Gasteiger partial charge in [-0.1, -0.05) is 26.2 Å². The molecule has 0 N–H and O–H groups in total. The Morgan fingerprint density at radius 2 is 1.85 bits per heavy atom. The van der Waals surface area contributed by atoms with Gasteiger partial charge >= 0.3 is 29.6 Å². The molecule has 0 amide bonds. The molecular weight excluding hydrogens is 206 g/mol. The SMILES string of the molecule is CCCCCCC(F)S(=O)(=O)[O-].[Na+]. The standard InChI is InChI=1S/C7H15FO3S.Na/c1-2-3-4-5-6-7(8)12(9,10)11;/h7H,2-6H2,1H3,(H,9,10,11);/q;+1/p-1. The molecule has 1 atom stereocenters.